The Morgan fingerprint density at radius 3 is 2.52 bits per heavy atom. The summed E-state index contributed by atoms with van der Waals surface area (Å²) in [5.74, 6) is -0.384. The van der Waals surface area contributed by atoms with Gasteiger partial charge in [-0.15, -0.1) is 0 Å². The summed E-state index contributed by atoms with van der Waals surface area (Å²) in [4.78, 5) is 34.8. The van der Waals surface area contributed by atoms with Gasteiger partial charge in [-0.05, 0) is 50.8 Å². The average Bonchev–Trinajstić information content (AvgIpc) is 3.14. The van der Waals surface area contributed by atoms with Gasteiger partial charge in [-0.3, -0.25) is 4.79 Å². The number of nitrogens with zero attached hydrogens (tertiary/aromatic N) is 3. The molecule has 3 aliphatic heterocycles. The number of amidine groups is 1. The van der Waals surface area contributed by atoms with Gasteiger partial charge in [-0.25, -0.2) is 9.79 Å². The van der Waals surface area contributed by atoms with Crippen LogP contribution in [0.3, 0.4) is 0 Å². The van der Waals surface area contributed by atoms with E-state index in [1.807, 2.05) is 55.0 Å². The number of halogens is 1. The van der Waals surface area contributed by atoms with E-state index in [1.54, 1.807) is 12.1 Å². The van der Waals surface area contributed by atoms with Gasteiger partial charge in [0.2, 0.25) is 5.91 Å². The normalized spacial score (nSPS) is 20.9. The number of carbonyl (C=O) groups excluding carboxylic acids is 2. The predicted octanol–water partition coefficient (Wildman–Crippen LogP) is 4.51. The lowest BCUT2D eigenvalue weighted by molar-refractivity contribution is -0.150. The molecular weight excluding hydrogens is 462 g/mol. The lowest BCUT2D eigenvalue weighted by Crippen LogP contribution is -2.42. The molecule has 1 amide bonds. The monoisotopic (exact) mass is 489 g/mol. The Morgan fingerprint density at radius 1 is 1.21 bits per heavy atom. The van der Waals surface area contributed by atoms with Gasteiger partial charge < -0.3 is 19.3 Å². The molecule has 0 bridgehead atoms. The fraction of sp³-hybridized carbons (Fsp3) is 0.458. The molecule has 33 heavy (non-hydrogen) atoms. The summed E-state index contributed by atoms with van der Waals surface area (Å²) >= 11 is 7.60. The number of hydrogen-bond donors (Lipinski definition) is 0. The second-order valence-electron chi connectivity index (χ2n) is 9.12. The molecule has 0 saturated carbocycles. The molecule has 1 aromatic rings. The van der Waals surface area contributed by atoms with E-state index in [4.69, 9.17) is 26.1 Å². The van der Waals surface area contributed by atoms with Crippen molar-refractivity contribution in [1.82, 2.24) is 9.80 Å². The first kappa shape index (κ1) is 23.9. The quantitative estimate of drug-likeness (QED) is 0.580. The Balaban J connectivity index is 1.70. The first-order chi connectivity index (χ1) is 15.6. The van der Waals surface area contributed by atoms with E-state index in [1.165, 1.54) is 11.8 Å². The van der Waals surface area contributed by atoms with Crippen LogP contribution in [0.15, 0.2) is 51.6 Å². The number of morpholine rings is 1. The van der Waals surface area contributed by atoms with Crippen molar-refractivity contribution < 1.29 is 19.1 Å². The molecule has 176 valence electrons. The zero-order valence-electron chi connectivity index (χ0n) is 19.3. The van der Waals surface area contributed by atoms with E-state index >= 15 is 0 Å². The maximum Gasteiger partial charge on any atom is 0.338 e. The Kier molecular flexibility index (Phi) is 6.88. The zero-order valence-corrected chi connectivity index (χ0v) is 20.8. The standard InChI is InChI=1S/C24H28ClN3O4S/c1-15-20(22(30)32-24(2,3)4)21(16-5-7-17(25)8-6-16)28-18(14-33-23(28)26-15)13-19(29)27-9-11-31-12-10-27/h5-8,14,21H,9-13H2,1-4H3/t21-/m1/s1. The highest BCUT2D eigenvalue weighted by Gasteiger charge is 2.42. The molecule has 1 aromatic carbocycles. The number of esters is 1. The predicted molar refractivity (Wildman–Crippen MR) is 130 cm³/mol. The molecule has 4 rings (SSSR count). The Hall–Kier alpha value is -2.29. The fourth-order valence-corrected chi connectivity index (χ4v) is 5.09. The van der Waals surface area contributed by atoms with E-state index < -0.39 is 17.6 Å². The summed E-state index contributed by atoms with van der Waals surface area (Å²) in [5.41, 5.74) is 2.10. The Morgan fingerprint density at radius 2 is 1.88 bits per heavy atom. The molecule has 1 atom stereocenters. The van der Waals surface area contributed by atoms with Crippen LogP contribution < -0.4 is 0 Å². The van der Waals surface area contributed by atoms with Gasteiger partial charge in [0.15, 0.2) is 5.17 Å². The third-order valence-electron chi connectivity index (χ3n) is 5.50. The summed E-state index contributed by atoms with van der Waals surface area (Å²) < 4.78 is 11.1. The van der Waals surface area contributed by atoms with Crippen LogP contribution in [-0.2, 0) is 19.1 Å². The number of benzene rings is 1. The number of hydrogen-bond acceptors (Lipinski definition) is 7. The average molecular weight is 490 g/mol. The summed E-state index contributed by atoms with van der Waals surface area (Å²) in [6.07, 6.45) is 0.219. The van der Waals surface area contributed by atoms with Gasteiger partial charge in [0.05, 0.1) is 36.9 Å². The van der Waals surface area contributed by atoms with E-state index in [0.717, 1.165) is 16.4 Å². The largest absolute Gasteiger partial charge is 0.456 e. The lowest BCUT2D eigenvalue weighted by atomic mass is 9.93. The first-order valence-corrected chi connectivity index (χ1v) is 12.2. The minimum Gasteiger partial charge on any atom is -0.456 e. The second kappa shape index (κ2) is 9.52. The highest BCUT2D eigenvalue weighted by molar-refractivity contribution is 8.16. The van der Waals surface area contributed by atoms with E-state index in [9.17, 15) is 9.59 Å². The minimum atomic E-state index is -0.649. The van der Waals surface area contributed by atoms with Gasteiger partial charge in [0.25, 0.3) is 0 Å². The highest BCUT2D eigenvalue weighted by Crippen LogP contribution is 2.45. The molecule has 9 heteroatoms. The molecule has 0 N–H and O–H groups in total. The number of ether oxygens (including phenoxy) is 2. The summed E-state index contributed by atoms with van der Waals surface area (Å²) in [7, 11) is 0. The van der Waals surface area contributed by atoms with Gasteiger partial charge >= 0.3 is 5.97 Å². The van der Waals surface area contributed by atoms with Crippen LogP contribution in [0.2, 0.25) is 5.02 Å². The zero-order chi connectivity index (χ0) is 23.8. The lowest BCUT2D eigenvalue weighted by Gasteiger charge is -2.37. The Labute approximate surface area is 203 Å². The highest BCUT2D eigenvalue weighted by atomic mass is 35.5. The van der Waals surface area contributed by atoms with Crippen LogP contribution in [0.4, 0.5) is 0 Å². The van der Waals surface area contributed by atoms with Crippen molar-refractivity contribution in [2.24, 2.45) is 4.99 Å². The number of rotatable bonds is 4. The first-order valence-electron chi connectivity index (χ1n) is 10.9. The maximum absolute atomic E-state index is 13.3. The molecule has 3 aliphatic rings. The molecule has 1 fully saturated rings. The molecule has 0 radical (unpaired) electrons. The van der Waals surface area contributed by atoms with E-state index in [-0.39, 0.29) is 12.3 Å². The molecule has 1 saturated heterocycles. The summed E-state index contributed by atoms with van der Waals surface area (Å²) in [6, 6.07) is 6.94. The second-order valence-corrected chi connectivity index (χ2v) is 10.4. The van der Waals surface area contributed by atoms with Gasteiger partial charge in [-0.2, -0.15) is 0 Å². The molecule has 0 spiro atoms. The molecule has 3 heterocycles. The van der Waals surface area contributed by atoms with E-state index in [2.05, 4.69) is 0 Å². The van der Waals surface area contributed by atoms with Crippen molar-refractivity contribution in [1.29, 1.82) is 0 Å². The number of allylic oxidation sites excluding steroid dienone is 1. The van der Waals surface area contributed by atoms with Crippen LogP contribution in [0.5, 0.6) is 0 Å². The SMILES string of the molecule is CC1=C(C(=O)OC(C)(C)C)[C@@H](c2ccc(Cl)cc2)N2C(CC(=O)N3CCOCC3)=CSC2=N1. The molecule has 0 unspecified atom stereocenters. The maximum atomic E-state index is 13.3. The van der Waals surface area contributed by atoms with Gasteiger partial charge in [-0.1, -0.05) is 35.5 Å². The number of amides is 1. The number of carbonyl (C=O) groups is 2. The van der Waals surface area contributed by atoms with Crippen molar-refractivity contribution in [3.8, 4) is 0 Å². The third-order valence-corrected chi connectivity index (χ3v) is 6.64. The van der Waals surface area contributed by atoms with Crippen molar-refractivity contribution in [2.45, 2.75) is 45.8 Å². The Bertz CT molecular complexity index is 1040. The smallest absolute Gasteiger partial charge is 0.338 e. The van der Waals surface area contributed by atoms with Gasteiger partial charge in [0.1, 0.15) is 5.60 Å². The van der Waals surface area contributed by atoms with Crippen LogP contribution in [0.25, 0.3) is 0 Å². The minimum absolute atomic E-state index is 0.0337. The van der Waals surface area contributed by atoms with Crippen molar-refractivity contribution in [3.63, 3.8) is 0 Å². The summed E-state index contributed by atoms with van der Waals surface area (Å²) in [6.45, 7) is 9.62. The van der Waals surface area contributed by atoms with Crippen molar-refractivity contribution in [3.05, 3.63) is 57.2 Å². The van der Waals surface area contributed by atoms with Crippen LogP contribution in [0.1, 0.15) is 45.7 Å². The third kappa shape index (κ3) is 5.28. The van der Waals surface area contributed by atoms with E-state index in [0.29, 0.717) is 42.6 Å². The van der Waals surface area contributed by atoms with Gasteiger partial charge in [0, 0.05) is 23.8 Å². The number of aliphatic imine (C=N–C) groups is 1. The number of thioether (sulfide) groups is 1. The molecule has 7 nitrogen and oxygen atoms in total. The van der Waals surface area contributed by atoms with Crippen LogP contribution >= 0.6 is 23.4 Å². The van der Waals surface area contributed by atoms with Crippen LogP contribution in [-0.4, -0.2) is 58.7 Å². The fourth-order valence-electron chi connectivity index (χ4n) is 4.00. The van der Waals surface area contributed by atoms with Crippen LogP contribution in [0, 0.1) is 0 Å². The molecule has 0 aliphatic carbocycles. The molecule has 0 aromatic heterocycles. The molecular formula is C24H28ClN3O4S. The number of fused-ring (bicyclic) bond motifs is 1. The van der Waals surface area contributed by atoms with Crippen molar-refractivity contribution >= 4 is 40.4 Å². The summed E-state index contributed by atoms with van der Waals surface area (Å²) in [5, 5.41) is 3.30. The topological polar surface area (TPSA) is 71.4 Å². The van der Waals surface area contributed by atoms with Crippen molar-refractivity contribution in [2.75, 3.05) is 26.3 Å².